The summed E-state index contributed by atoms with van der Waals surface area (Å²) in [5.74, 6) is 4.70. The zero-order valence-electron chi connectivity index (χ0n) is 10.1. The van der Waals surface area contributed by atoms with E-state index in [0.717, 1.165) is 0 Å². The lowest BCUT2D eigenvalue weighted by molar-refractivity contribution is -0.118. The van der Waals surface area contributed by atoms with Gasteiger partial charge in [0, 0.05) is 12.5 Å². The van der Waals surface area contributed by atoms with Crippen LogP contribution in [0.1, 0.15) is 22.8 Å². The fourth-order valence-corrected chi connectivity index (χ4v) is 1.23. The summed E-state index contributed by atoms with van der Waals surface area (Å²) < 4.78 is 4.99. The lowest BCUT2D eigenvalue weighted by Crippen LogP contribution is -2.19. The molecule has 0 saturated carbocycles. The number of carbonyl (C=O) groups is 2. The first kappa shape index (κ1) is 13.6. The third-order valence-corrected chi connectivity index (χ3v) is 2.05. The quantitative estimate of drug-likeness (QED) is 0.777. The first-order valence-corrected chi connectivity index (χ1v) is 5.18. The van der Waals surface area contributed by atoms with Crippen molar-refractivity contribution in [2.45, 2.75) is 6.92 Å². The maximum atomic E-state index is 10.9. The standard InChI is InChI=1S/C13H13NO4/c1-9(15)14-5-3-4-10-6-11(13(16)17)8-12(7-10)18-2/h6-8H,5H2,1-2H3,(H,14,15)(H,16,17). The van der Waals surface area contributed by atoms with Crippen LogP contribution in [0.15, 0.2) is 18.2 Å². The maximum absolute atomic E-state index is 10.9. The highest BCUT2D eigenvalue weighted by Crippen LogP contribution is 2.16. The molecular formula is C13H13NO4. The van der Waals surface area contributed by atoms with Gasteiger partial charge >= 0.3 is 5.97 Å². The molecule has 1 rings (SSSR count). The third kappa shape index (κ3) is 4.18. The Kier molecular flexibility index (Phi) is 4.76. The highest BCUT2D eigenvalue weighted by molar-refractivity contribution is 5.88. The van der Waals surface area contributed by atoms with Crippen LogP contribution in [0.25, 0.3) is 0 Å². The van der Waals surface area contributed by atoms with Gasteiger partial charge in [-0.3, -0.25) is 4.79 Å². The summed E-state index contributed by atoms with van der Waals surface area (Å²) in [6.07, 6.45) is 0. The SMILES string of the molecule is COc1cc(C#CCNC(C)=O)cc(C(=O)O)c1. The Labute approximate surface area is 105 Å². The van der Waals surface area contributed by atoms with Gasteiger partial charge in [-0.25, -0.2) is 4.79 Å². The van der Waals surface area contributed by atoms with E-state index >= 15 is 0 Å². The van der Waals surface area contributed by atoms with Crippen LogP contribution in [0.4, 0.5) is 0 Å². The molecule has 1 aromatic carbocycles. The molecule has 18 heavy (non-hydrogen) atoms. The van der Waals surface area contributed by atoms with Crippen LogP contribution >= 0.6 is 0 Å². The van der Waals surface area contributed by atoms with Crippen molar-refractivity contribution in [3.05, 3.63) is 29.3 Å². The van der Waals surface area contributed by atoms with Gasteiger partial charge in [-0.15, -0.1) is 0 Å². The Morgan fingerprint density at radius 3 is 2.67 bits per heavy atom. The second-order valence-corrected chi connectivity index (χ2v) is 3.47. The average molecular weight is 247 g/mol. The summed E-state index contributed by atoms with van der Waals surface area (Å²) in [5.41, 5.74) is 0.635. The van der Waals surface area contributed by atoms with E-state index in [4.69, 9.17) is 9.84 Å². The van der Waals surface area contributed by atoms with Crippen LogP contribution in [0.3, 0.4) is 0 Å². The van der Waals surface area contributed by atoms with Crippen molar-refractivity contribution in [3.63, 3.8) is 0 Å². The number of hydrogen-bond acceptors (Lipinski definition) is 3. The number of amides is 1. The van der Waals surface area contributed by atoms with Gasteiger partial charge in [0.1, 0.15) is 5.75 Å². The van der Waals surface area contributed by atoms with Gasteiger partial charge < -0.3 is 15.2 Å². The van der Waals surface area contributed by atoms with E-state index in [2.05, 4.69) is 17.2 Å². The molecule has 0 fully saturated rings. The maximum Gasteiger partial charge on any atom is 0.335 e. The van der Waals surface area contributed by atoms with Gasteiger partial charge in [0.05, 0.1) is 19.2 Å². The summed E-state index contributed by atoms with van der Waals surface area (Å²) in [4.78, 5) is 21.5. The fourth-order valence-electron chi connectivity index (χ4n) is 1.23. The second-order valence-electron chi connectivity index (χ2n) is 3.47. The molecule has 5 nitrogen and oxygen atoms in total. The van der Waals surface area contributed by atoms with Crippen LogP contribution in [0.2, 0.25) is 0 Å². The number of hydrogen-bond donors (Lipinski definition) is 2. The average Bonchev–Trinajstić information content (AvgIpc) is 2.34. The predicted molar refractivity (Wildman–Crippen MR) is 65.5 cm³/mol. The number of nitrogens with one attached hydrogen (secondary N) is 1. The van der Waals surface area contributed by atoms with Gasteiger partial charge in [0.15, 0.2) is 0 Å². The highest BCUT2D eigenvalue weighted by Gasteiger charge is 2.06. The number of carboxylic acid groups (broad SMARTS) is 1. The number of carbonyl (C=O) groups excluding carboxylic acids is 1. The van der Waals surface area contributed by atoms with Crippen LogP contribution in [0, 0.1) is 11.8 Å². The van der Waals surface area contributed by atoms with E-state index < -0.39 is 5.97 Å². The molecule has 1 aromatic rings. The van der Waals surface area contributed by atoms with Gasteiger partial charge in [0.2, 0.25) is 5.91 Å². The Bertz CT molecular complexity index is 526. The Morgan fingerprint density at radius 1 is 1.39 bits per heavy atom. The molecule has 5 heteroatoms. The zero-order chi connectivity index (χ0) is 13.5. The first-order chi connectivity index (χ1) is 8.52. The van der Waals surface area contributed by atoms with Gasteiger partial charge in [-0.2, -0.15) is 0 Å². The van der Waals surface area contributed by atoms with E-state index in [-0.39, 0.29) is 18.0 Å². The number of aromatic carboxylic acids is 1. The van der Waals surface area contributed by atoms with Crippen LogP contribution < -0.4 is 10.1 Å². The largest absolute Gasteiger partial charge is 0.497 e. The van der Waals surface area contributed by atoms with Crippen molar-refractivity contribution in [1.29, 1.82) is 0 Å². The Balaban J connectivity index is 2.90. The number of methoxy groups -OCH3 is 1. The molecule has 0 aromatic heterocycles. The van der Waals surface area contributed by atoms with Gasteiger partial charge in [-0.05, 0) is 18.2 Å². The topological polar surface area (TPSA) is 75.6 Å². The lowest BCUT2D eigenvalue weighted by Gasteiger charge is -2.02. The van der Waals surface area contributed by atoms with E-state index in [1.54, 1.807) is 6.07 Å². The van der Waals surface area contributed by atoms with Crippen molar-refractivity contribution >= 4 is 11.9 Å². The Morgan fingerprint density at radius 2 is 2.11 bits per heavy atom. The molecule has 94 valence electrons. The summed E-state index contributed by atoms with van der Waals surface area (Å²) in [6.45, 7) is 1.62. The second kappa shape index (κ2) is 6.30. The molecule has 0 unspecified atom stereocenters. The monoisotopic (exact) mass is 247 g/mol. The molecule has 2 N–H and O–H groups in total. The summed E-state index contributed by atoms with van der Waals surface area (Å²) in [7, 11) is 1.45. The van der Waals surface area contributed by atoms with Crippen molar-refractivity contribution in [2.24, 2.45) is 0 Å². The molecule has 0 bridgehead atoms. The predicted octanol–water partition coefficient (Wildman–Crippen LogP) is 0.881. The van der Waals surface area contributed by atoms with E-state index in [1.807, 2.05) is 0 Å². The zero-order valence-corrected chi connectivity index (χ0v) is 10.1. The van der Waals surface area contributed by atoms with Crippen molar-refractivity contribution in [2.75, 3.05) is 13.7 Å². The van der Waals surface area contributed by atoms with Crippen LogP contribution in [-0.4, -0.2) is 30.6 Å². The minimum atomic E-state index is -1.04. The number of rotatable bonds is 3. The molecule has 0 radical (unpaired) electrons. The smallest absolute Gasteiger partial charge is 0.335 e. The number of benzene rings is 1. The third-order valence-electron chi connectivity index (χ3n) is 2.05. The van der Waals surface area contributed by atoms with Crippen molar-refractivity contribution in [1.82, 2.24) is 5.32 Å². The number of carboxylic acids is 1. The van der Waals surface area contributed by atoms with E-state index in [1.165, 1.54) is 26.2 Å². The molecule has 0 aliphatic rings. The molecule has 0 atom stereocenters. The van der Waals surface area contributed by atoms with Crippen molar-refractivity contribution in [3.8, 4) is 17.6 Å². The van der Waals surface area contributed by atoms with E-state index in [9.17, 15) is 9.59 Å². The molecule has 0 saturated heterocycles. The van der Waals surface area contributed by atoms with Crippen molar-refractivity contribution < 1.29 is 19.4 Å². The van der Waals surface area contributed by atoms with E-state index in [0.29, 0.717) is 11.3 Å². The van der Waals surface area contributed by atoms with Crippen LogP contribution in [-0.2, 0) is 4.79 Å². The van der Waals surface area contributed by atoms with Gasteiger partial charge in [-0.1, -0.05) is 11.8 Å². The summed E-state index contributed by atoms with van der Waals surface area (Å²) >= 11 is 0. The number of ether oxygens (including phenoxy) is 1. The highest BCUT2D eigenvalue weighted by atomic mass is 16.5. The fraction of sp³-hybridized carbons (Fsp3) is 0.231. The Hall–Kier alpha value is -2.48. The lowest BCUT2D eigenvalue weighted by atomic mass is 10.1. The first-order valence-electron chi connectivity index (χ1n) is 5.18. The van der Waals surface area contributed by atoms with Gasteiger partial charge in [0.25, 0.3) is 0 Å². The molecule has 0 heterocycles. The summed E-state index contributed by atoms with van der Waals surface area (Å²) in [6, 6.07) is 4.50. The molecule has 0 aliphatic carbocycles. The molecule has 1 amide bonds. The molecular weight excluding hydrogens is 234 g/mol. The minimum absolute atomic E-state index is 0.109. The molecule has 0 spiro atoms. The normalized spacial score (nSPS) is 9.00. The summed E-state index contributed by atoms with van der Waals surface area (Å²) in [5, 5.41) is 11.4. The molecule has 0 aliphatic heterocycles. The van der Waals surface area contributed by atoms with Crippen LogP contribution in [0.5, 0.6) is 5.75 Å². The minimum Gasteiger partial charge on any atom is -0.497 e.